The van der Waals surface area contributed by atoms with Gasteiger partial charge in [-0.3, -0.25) is 13.9 Å². The summed E-state index contributed by atoms with van der Waals surface area (Å²) >= 11 is 12.3. The maximum atomic E-state index is 13.8. The smallest absolute Gasteiger partial charge is 0.244 e. The van der Waals surface area contributed by atoms with Gasteiger partial charge >= 0.3 is 0 Å². The van der Waals surface area contributed by atoms with Gasteiger partial charge in [-0.25, -0.2) is 8.42 Å². The van der Waals surface area contributed by atoms with Crippen molar-refractivity contribution in [3.8, 4) is 0 Å². The Hall–Kier alpha value is -2.29. The van der Waals surface area contributed by atoms with Crippen LogP contribution in [0.1, 0.15) is 65.0 Å². The van der Waals surface area contributed by atoms with E-state index in [1.54, 1.807) is 30.3 Å². The Kier molecular flexibility index (Phi) is 11.5. The fourth-order valence-electron chi connectivity index (χ4n) is 4.00. The average molecular weight is 585 g/mol. The molecule has 0 radical (unpaired) electrons. The molecule has 0 aliphatic heterocycles. The lowest BCUT2D eigenvalue weighted by Crippen LogP contribution is -2.52. The summed E-state index contributed by atoms with van der Waals surface area (Å²) in [5.74, 6) is -0.784. The van der Waals surface area contributed by atoms with Crippen LogP contribution in [0.4, 0.5) is 5.69 Å². The van der Waals surface area contributed by atoms with Crippen LogP contribution < -0.4 is 9.62 Å². The maximum absolute atomic E-state index is 13.8. The predicted octanol–water partition coefficient (Wildman–Crippen LogP) is 5.78. The van der Waals surface area contributed by atoms with Crippen LogP contribution in [-0.2, 0) is 31.6 Å². The number of unbranched alkanes of at least 4 members (excludes halogenated alkanes) is 1. The quantitative estimate of drug-likeness (QED) is 0.321. The van der Waals surface area contributed by atoms with Crippen LogP contribution >= 0.6 is 23.2 Å². The van der Waals surface area contributed by atoms with Gasteiger partial charge in [0.1, 0.15) is 12.6 Å². The highest BCUT2D eigenvalue weighted by atomic mass is 35.5. The van der Waals surface area contributed by atoms with E-state index in [4.69, 9.17) is 23.2 Å². The normalized spacial score (nSPS) is 12.6. The second-order valence-electron chi connectivity index (χ2n) is 10.4. The summed E-state index contributed by atoms with van der Waals surface area (Å²) < 4.78 is 26.7. The van der Waals surface area contributed by atoms with Gasteiger partial charge in [-0.15, -0.1) is 0 Å². The van der Waals surface area contributed by atoms with Gasteiger partial charge in [0.2, 0.25) is 21.8 Å². The van der Waals surface area contributed by atoms with Gasteiger partial charge in [-0.1, -0.05) is 82.4 Å². The molecule has 10 heteroatoms. The zero-order valence-electron chi connectivity index (χ0n) is 23.1. The second kappa shape index (κ2) is 13.7. The molecule has 2 aromatic carbocycles. The number of amides is 2. The Morgan fingerprint density at radius 2 is 1.63 bits per heavy atom. The van der Waals surface area contributed by atoms with Gasteiger partial charge in [0, 0.05) is 13.1 Å². The Bertz CT molecular complexity index is 1210. The monoisotopic (exact) mass is 583 g/mol. The third-order valence-electron chi connectivity index (χ3n) is 6.25. The first-order chi connectivity index (χ1) is 17.7. The van der Waals surface area contributed by atoms with Gasteiger partial charge in [-0.2, -0.15) is 0 Å². The molecule has 0 aliphatic carbocycles. The molecule has 0 saturated carbocycles. The predicted molar refractivity (Wildman–Crippen MR) is 156 cm³/mol. The van der Waals surface area contributed by atoms with E-state index in [-0.39, 0.29) is 17.9 Å². The van der Waals surface area contributed by atoms with Crippen LogP contribution in [0.5, 0.6) is 0 Å². The maximum Gasteiger partial charge on any atom is 0.244 e. The summed E-state index contributed by atoms with van der Waals surface area (Å²) in [7, 11) is -3.80. The van der Waals surface area contributed by atoms with E-state index in [1.165, 1.54) is 4.90 Å². The summed E-state index contributed by atoms with van der Waals surface area (Å²) in [6.45, 7) is 10.2. The highest BCUT2D eigenvalue weighted by molar-refractivity contribution is 7.92. The summed E-state index contributed by atoms with van der Waals surface area (Å²) in [5.41, 5.74) is 1.98. The van der Waals surface area contributed by atoms with E-state index in [9.17, 15) is 18.0 Å². The molecule has 1 atom stereocenters. The third kappa shape index (κ3) is 8.89. The van der Waals surface area contributed by atoms with Crippen LogP contribution in [0.15, 0.2) is 42.5 Å². The zero-order valence-corrected chi connectivity index (χ0v) is 25.4. The third-order valence-corrected chi connectivity index (χ3v) is 8.13. The molecule has 0 aliphatic rings. The lowest BCUT2D eigenvalue weighted by atomic mass is 9.87. The number of hydrogen-bond donors (Lipinski definition) is 1. The topological polar surface area (TPSA) is 86.8 Å². The number of anilines is 1. The molecule has 0 spiro atoms. The van der Waals surface area contributed by atoms with Gasteiger partial charge in [-0.05, 0) is 53.6 Å². The Balaban J connectivity index is 2.44. The number of carbonyl (C=O) groups is 2. The number of halogens is 2. The number of rotatable bonds is 12. The summed E-state index contributed by atoms with van der Waals surface area (Å²) in [6, 6.07) is 11.3. The van der Waals surface area contributed by atoms with E-state index in [0.29, 0.717) is 34.3 Å². The first-order valence-electron chi connectivity index (χ1n) is 12.8. The number of sulfonamides is 1. The highest BCUT2D eigenvalue weighted by Gasteiger charge is 2.32. The van der Waals surface area contributed by atoms with E-state index < -0.39 is 28.5 Å². The molecule has 0 aromatic heterocycles. The van der Waals surface area contributed by atoms with Gasteiger partial charge in [0.25, 0.3) is 0 Å². The van der Waals surface area contributed by atoms with Crippen molar-refractivity contribution in [2.45, 2.75) is 71.9 Å². The molecule has 38 heavy (non-hydrogen) atoms. The van der Waals surface area contributed by atoms with Gasteiger partial charge in [0.05, 0.1) is 22.0 Å². The van der Waals surface area contributed by atoms with Crippen LogP contribution in [0.2, 0.25) is 10.0 Å². The molecular formula is C28H39Cl2N3O4S. The molecule has 0 saturated heterocycles. The molecule has 210 valence electrons. The molecule has 1 N–H and O–H groups in total. The molecule has 2 aromatic rings. The fourth-order valence-corrected chi connectivity index (χ4v) is 5.17. The standard InChI is InChI=1S/C28H39Cl2N3O4S/c1-7-9-16-31-27(35)25(8-2)32(18-20-10-15-23(29)24(30)17-20)26(34)19-33(38(6,36)37)22-13-11-21(12-14-22)28(3,4)5/h10-15,17,25H,7-9,16,18-19H2,1-6H3,(H,31,35)/t25-/m1/s1. The van der Waals surface area contributed by atoms with Crippen LogP contribution in [-0.4, -0.2) is 50.5 Å². The minimum Gasteiger partial charge on any atom is -0.354 e. The lowest BCUT2D eigenvalue weighted by Gasteiger charge is -2.33. The van der Waals surface area contributed by atoms with Crippen molar-refractivity contribution in [3.63, 3.8) is 0 Å². The minimum absolute atomic E-state index is 0.0655. The fraction of sp³-hybridized carbons (Fsp3) is 0.500. The van der Waals surface area contributed by atoms with E-state index >= 15 is 0 Å². The first-order valence-corrected chi connectivity index (χ1v) is 15.4. The second-order valence-corrected chi connectivity index (χ2v) is 13.1. The molecule has 0 fully saturated rings. The number of benzene rings is 2. The largest absolute Gasteiger partial charge is 0.354 e. The molecule has 2 rings (SSSR count). The number of nitrogens with zero attached hydrogens (tertiary/aromatic N) is 2. The molecule has 0 bridgehead atoms. The molecule has 2 amide bonds. The lowest BCUT2D eigenvalue weighted by molar-refractivity contribution is -0.140. The van der Waals surface area contributed by atoms with Gasteiger partial charge in [0.15, 0.2) is 0 Å². The van der Waals surface area contributed by atoms with E-state index in [1.807, 2.05) is 26.0 Å². The van der Waals surface area contributed by atoms with Crippen LogP contribution in [0.25, 0.3) is 0 Å². The average Bonchev–Trinajstić information content (AvgIpc) is 2.83. The molecular weight excluding hydrogens is 545 g/mol. The van der Waals surface area contributed by atoms with Crippen molar-refractivity contribution < 1.29 is 18.0 Å². The van der Waals surface area contributed by atoms with Crippen molar-refractivity contribution in [3.05, 3.63) is 63.6 Å². The molecule has 0 heterocycles. The van der Waals surface area contributed by atoms with Crippen molar-refractivity contribution in [2.75, 3.05) is 23.7 Å². The summed E-state index contributed by atoms with van der Waals surface area (Å²) in [5, 5.41) is 3.60. The minimum atomic E-state index is -3.80. The highest BCUT2D eigenvalue weighted by Crippen LogP contribution is 2.27. The van der Waals surface area contributed by atoms with Crippen molar-refractivity contribution in [1.82, 2.24) is 10.2 Å². The first kappa shape index (κ1) is 31.9. The Labute approximate surface area is 237 Å². The molecule has 7 nitrogen and oxygen atoms in total. The van der Waals surface area contributed by atoms with E-state index in [2.05, 4.69) is 26.1 Å². The summed E-state index contributed by atoms with van der Waals surface area (Å²) in [4.78, 5) is 28.3. The Morgan fingerprint density at radius 3 is 2.13 bits per heavy atom. The number of carbonyl (C=O) groups excluding carboxylic acids is 2. The van der Waals surface area contributed by atoms with Crippen molar-refractivity contribution in [2.24, 2.45) is 0 Å². The van der Waals surface area contributed by atoms with Crippen molar-refractivity contribution >= 4 is 50.7 Å². The number of nitrogens with one attached hydrogen (secondary N) is 1. The van der Waals surface area contributed by atoms with Crippen molar-refractivity contribution in [1.29, 1.82) is 0 Å². The van der Waals surface area contributed by atoms with Crippen LogP contribution in [0.3, 0.4) is 0 Å². The SMILES string of the molecule is CCCCNC(=O)[C@@H](CC)N(Cc1ccc(Cl)c(Cl)c1)C(=O)CN(c1ccc(C(C)(C)C)cc1)S(C)(=O)=O. The van der Waals surface area contributed by atoms with E-state index in [0.717, 1.165) is 29.0 Å². The number of hydrogen-bond acceptors (Lipinski definition) is 4. The summed E-state index contributed by atoms with van der Waals surface area (Å²) in [6.07, 6.45) is 3.15. The molecule has 0 unspecified atom stereocenters. The van der Waals surface area contributed by atoms with Crippen LogP contribution in [0, 0.1) is 0 Å². The zero-order chi connectivity index (χ0) is 28.7. The van der Waals surface area contributed by atoms with Gasteiger partial charge < -0.3 is 10.2 Å². The Morgan fingerprint density at radius 1 is 1.00 bits per heavy atom.